The van der Waals surface area contributed by atoms with Gasteiger partial charge in [0.05, 0.1) is 25.1 Å². The minimum atomic E-state index is -0.228. The Morgan fingerprint density at radius 1 is 1.12 bits per heavy atom. The number of hydrogen-bond donors (Lipinski definition) is 0. The first-order valence-electron chi connectivity index (χ1n) is 8.31. The van der Waals surface area contributed by atoms with Crippen molar-refractivity contribution in [1.29, 1.82) is 0 Å². The molecule has 1 aromatic carbocycles. The largest absolute Gasteiger partial charge is 0.371 e. The van der Waals surface area contributed by atoms with Crippen molar-refractivity contribution in [2.45, 2.75) is 12.8 Å². The molecule has 0 N–H and O–H groups in total. The predicted octanol–water partition coefficient (Wildman–Crippen LogP) is 3.12. The molecule has 5 nitrogen and oxygen atoms in total. The van der Waals surface area contributed by atoms with Gasteiger partial charge in [0.1, 0.15) is 5.82 Å². The van der Waals surface area contributed by atoms with Crippen LogP contribution in [0.15, 0.2) is 61.1 Å². The van der Waals surface area contributed by atoms with Gasteiger partial charge in [-0.25, -0.2) is 4.39 Å². The number of benzene rings is 1. The third kappa shape index (κ3) is 3.60. The van der Waals surface area contributed by atoms with E-state index in [0.717, 1.165) is 29.9 Å². The van der Waals surface area contributed by atoms with Gasteiger partial charge in [0.25, 0.3) is 0 Å². The van der Waals surface area contributed by atoms with Crippen molar-refractivity contribution in [3.63, 3.8) is 0 Å². The van der Waals surface area contributed by atoms with Gasteiger partial charge in [-0.3, -0.25) is 14.6 Å². The van der Waals surface area contributed by atoms with Crippen LogP contribution in [0.5, 0.6) is 0 Å². The van der Waals surface area contributed by atoms with Crippen molar-refractivity contribution in [3.05, 3.63) is 72.4 Å². The zero-order valence-corrected chi connectivity index (χ0v) is 13.8. The average Bonchev–Trinajstić information content (AvgIpc) is 3.11. The molecule has 3 heterocycles. The van der Waals surface area contributed by atoms with Crippen molar-refractivity contribution in [3.8, 4) is 11.3 Å². The summed E-state index contributed by atoms with van der Waals surface area (Å²) in [6.07, 6.45) is 5.36. The molecule has 6 heteroatoms. The molecule has 1 aliphatic rings. The van der Waals surface area contributed by atoms with Crippen LogP contribution in [0.2, 0.25) is 0 Å². The van der Waals surface area contributed by atoms with Crippen molar-refractivity contribution in [2.24, 2.45) is 0 Å². The van der Waals surface area contributed by atoms with Gasteiger partial charge in [0, 0.05) is 37.2 Å². The van der Waals surface area contributed by atoms with Crippen LogP contribution in [-0.2, 0) is 11.4 Å². The molecule has 1 saturated heterocycles. The van der Waals surface area contributed by atoms with Crippen LogP contribution < -0.4 is 0 Å². The SMILES string of the molecule is Fc1ccc([C@@H]2CN(Cn3nccc3-c3cccnc3)CCO2)cc1. The van der Waals surface area contributed by atoms with Gasteiger partial charge < -0.3 is 4.74 Å². The highest BCUT2D eigenvalue weighted by molar-refractivity contribution is 5.57. The number of hydrogen-bond acceptors (Lipinski definition) is 4. The monoisotopic (exact) mass is 338 g/mol. The normalized spacial score (nSPS) is 18.4. The Morgan fingerprint density at radius 3 is 2.80 bits per heavy atom. The van der Waals surface area contributed by atoms with Gasteiger partial charge in [-0.2, -0.15) is 5.10 Å². The highest BCUT2D eigenvalue weighted by Gasteiger charge is 2.23. The summed E-state index contributed by atoms with van der Waals surface area (Å²) in [6, 6.07) is 12.5. The van der Waals surface area contributed by atoms with Gasteiger partial charge in [-0.15, -0.1) is 0 Å². The van der Waals surface area contributed by atoms with Gasteiger partial charge in [0.2, 0.25) is 0 Å². The second-order valence-electron chi connectivity index (χ2n) is 6.09. The van der Waals surface area contributed by atoms with Crippen LogP contribution in [0.4, 0.5) is 4.39 Å². The van der Waals surface area contributed by atoms with E-state index in [4.69, 9.17) is 4.74 Å². The van der Waals surface area contributed by atoms with E-state index in [0.29, 0.717) is 13.3 Å². The van der Waals surface area contributed by atoms with E-state index in [9.17, 15) is 4.39 Å². The van der Waals surface area contributed by atoms with Crippen molar-refractivity contribution in [1.82, 2.24) is 19.7 Å². The van der Waals surface area contributed by atoms with E-state index in [2.05, 4.69) is 15.0 Å². The number of rotatable bonds is 4. The van der Waals surface area contributed by atoms with E-state index in [1.165, 1.54) is 12.1 Å². The lowest BCUT2D eigenvalue weighted by atomic mass is 10.1. The summed E-state index contributed by atoms with van der Waals surface area (Å²) >= 11 is 0. The topological polar surface area (TPSA) is 43.2 Å². The highest BCUT2D eigenvalue weighted by atomic mass is 19.1. The maximum atomic E-state index is 13.1. The number of halogens is 1. The molecule has 0 unspecified atom stereocenters. The maximum Gasteiger partial charge on any atom is 0.123 e. The number of aromatic nitrogens is 3. The van der Waals surface area contributed by atoms with Gasteiger partial charge in [-0.1, -0.05) is 12.1 Å². The molecule has 0 saturated carbocycles. The Labute approximate surface area is 145 Å². The Balaban J connectivity index is 1.48. The van der Waals surface area contributed by atoms with Crippen LogP contribution in [0.3, 0.4) is 0 Å². The van der Waals surface area contributed by atoms with E-state index >= 15 is 0 Å². The zero-order chi connectivity index (χ0) is 17.1. The standard InChI is InChI=1S/C19H19FN4O/c20-17-5-3-15(4-6-17)19-13-23(10-11-25-19)14-24-18(7-9-22-24)16-2-1-8-21-12-16/h1-9,12,19H,10-11,13-14H2/t19-/m0/s1. The molecule has 2 aromatic heterocycles. The number of nitrogens with zero attached hydrogens (tertiary/aromatic N) is 4. The molecule has 1 aliphatic heterocycles. The number of pyridine rings is 1. The fraction of sp³-hybridized carbons (Fsp3) is 0.263. The smallest absolute Gasteiger partial charge is 0.123 e. The van der Waals surface area contributed by atoms with Gasteiger partial charge >= 0.3 is 0 Å². The van der Waals surface area contributed by atoms with Crippen molar-refractivity contribution < 1.29 is 9.13 Å². The maximum absolute atomic E-state index is 13.1. The molecule has 25 heavy (non-hydrogen) atoms. The lowest BCUT2D eigenvalue weighted by molar-refractivity contribution is -0.0414. The molecule has 0 amide bonds. The summed E-state index contributed by atoms with van der Waals surface area (Å²) in [4.78, 5) is 6.48. The molecule has 0 aliphatic carbocycles. The van der Waals surface area contributed by atoms with E-state index in [1.54, 1.807) is 24.5 Å². The van der Waals surface area contributed by atoms with Crippen LogP contribution in [0.25, 0.3) is 11.3 Å². The summed E-state index contributed by atoms with van der Waals surface area (Å²) < 4.78 is 21.0. The molecule has 0 radical (unpaired) electrons. The van der Waals surface area contributed by atoms with E-state index in [1.807, 2.05) is 29.1 Å². The van der Waals surface area contributed by atoms with Crippen LogP contribution >= 0.6 is 0 Å². The molecule has 0 spiro atoms. The first kappa shape index (κ1) is 15.9. The molecule has 3 aromatic rings. The highest BCUT2D eigenvalue weighted by Crippen LogP contribution is 2.24. The average molecular weight is 338 g/mol. The van der Waals surface area contributed by atoms with E-state index in [-0.39, 0.29) is 11.9 Å². The van der Waals surface area contributed by atoms with Crippen LogP contribution in [0, 0.1) is 5.82 Å². The Morgan fingerprint density at radius 2 is 2.00 bits per heavy atom. The predicted molar refractivity (Wildman–Crippen MR) is 92.1 cm³/mol. The molecular formula is C19H19FN4O. The van der Waals surface area contributed by atoms with Gasteiger partial charge in [0.15, 0.2) is 0 Å². The van der Waals surface area contributed by atoms with E-state index < -0.39 is 0 Å². The van der Waals surface area contributed by atoms with Crippen LogP contribution in [-0.4, -0.2) is 39.4 Å². The summed E-state index contributed by atoms with van der Waals surface area (Å²) in [7, 11) is 0. The first-order valence-corrected chi connectivity index (χ1v) is 8.31. The fourth-order valence-electron chi connectivity index (χ4n) is 3.10. The third-order valence-corrected chi connectivity index (χ3v) is 4.40. The first-order chi connectivity index (χ1) is 12.3. The molecule has 1 fully saturated rings. The summed E-state index contributed by atoms with van der Waals surface area (Å²) in [5.41, 5.74) is 3.08. The fourth-order valence-corrected chi connectivity index (χ4v) is 3.10. The molecule has 1 atom stereocenters. The van der Waals surface area contributed by atoms with Crippen molar-refractivity contribution >= 4 is 0 Å². The quantitative estimate of drug-likeness (QED) is 0.733. The minimum Gasteiger partial charge on any atom is -0.371 e. The van der Waals surface area contributed by atoms with Crippen molar-refractivity contribution in [2.75, 3.05) is 19.7 Å². The third-order valence-electron chi connectivity index (χ3n) is 4.40. The molecule has 128 valence electrons. The lowest BCUT2D eigenvalue weighted by Crippen LogP contribution is -2.39. The molecular weight excluding hydrogens is 319 g/mol. The summed E-state index contributed by atoms with van der Waals surface area (Å²) in [5.74, 6) is -0.228. The summed E-state index contributed by atoms with van der Waals surface area (Å²) in [5, 5.41) is 4.45. The second-order valence-corrected chi connectivity index (χ2v) is 6.09. The van der Waals surface area contributed by atoms with Gasteiger partial charge in [-0.05, 0) is 35.9 Å². The molecule has 0 bridgehead atoms. The second kappa shape index (κ2) is 7.13. The minimum absolute atomic E-state index is 0.0493. The lowest BCUT2D eigenvalue weighted by Gasteiger charge is -2.33. The summed E-state index contributed by atoms with van der Waals surface area (Å²) in [6.45, 7) is 2.91. The Hall–Kier alpha value is -2.57. The number of morpholine rings is 1. The zero-order valence-electron chi connectivity index (χ0n) is 13.8. The number of ether oxygens (including phenoxy) is 1. The van der Waals surface area contributed by atoms with Crippen LogP contribution in [0.1, 0.15) is 11.7 Å². The Kier molecular flexibility index (Phi) is 4.54. The molecule has 4 rings (SSSR count). The Bertz CT molecular complexity index is 819.